The predicted molar refractivity (Wildman–Crippen MR) is 62.6 cm³/mol. The van der Waals surface area contributed by atoms with E-state index in [1.165, 1.54) is 10.5 Å². The average Bonchev–Trinajstić information content (AvgIpc) is 2.62. The number of nitrogens with zero attached hydrogens (tertiary/aromatic N) is 2. The first-order chi connectivity index (χ1) is 7.26. The molecule has 0 aliphatic heterocycles. The Bertz CT molecular complexity index is 450. The van der Waals surface area contributed by atoms with E-state index in [2.05, 4.69) is 9.97 Å². The van der Waals surface area contributed by atoms with E-state index in [1.54, 1.807) is 14.0 Å². The number of H-pyrrole nitrogens is 1. The van der Waals surface area contributed by atoms with Crippen molar-refractivity contribution in [3.05, 3.63) is 12.0 Å². The van der Waals surface area contributed by atoms with E-state index in [9.17, 15) is 8.42 Å². The number of aromatic amines is 1. The van der Waals surface area contributed by atoms with Crippen LogP contribution in [-0.4, -0.2) is 35.8 Å². The van der Waals surface area contributed by atoms with E-state index >= 15 is 0 Å². The Morgan fingerprint density at radius 1 is 1.38 bits per heavy atom. The molecular weight excluding hydrogens is 226 g/mol. The summed E-state index contributed by atoms with van der Waals surface area (Å²) in [6, 6.07) is -0.0476. The second-order valence-electron chi connectivity index (χ2n) is 4.34. The van der Waals surface area contributed by atoms with E-state index in [1.807, 2.05) is 20.8 Å². The van der Waals surface area contributed by atoms with Crippen molar-refractivity contribution >= 4 is 10.0 Å². The molecule has 1 aromatic rings. The molecule has 1 unspecified atom stereocenters. The zero-order valence-electron chi connectivity index (χ0n) is 10.4. The molecule has 0 radical (unpaired) electrons. The standard InChI is InChI=1S/C10H19N3O2S/c1-7(2)8(3)13(5)16(14,15)10-6-11-9(4)12-10/h6-8H,1-5H3,(H,11,12). The van der Waals surface area contributed by atoms with Crippen molar-refractivity contribution in [3.63, 3.8) is 0 Å². The van der Waals surface area contributed by atoms with Gasteiger partial charge in [-0.1, -0.05) is 13.8 Å². The van der Waals surface area contributed by atoms with Gasteiger partial charge in [-0.05, 0) is 19.8 Å². The maximum absolute atomic E-state index is 12.1. The van der Waals surface area contributed by atoms with Gasteiger partial charge in [-0.2, -0.15) is 4.31 Å². The lowest BCUT2D eigenvalue weighted by atomic mass is 10.1. The Hall–Kier alpha value is -0.880. The zero-order chi connectivity index (χ0) is 12.5. The molecular formula is C10H19N3O2S. The van der Waals surface area contributed by atoms with E-state index < -0.39 is 10.0 Å². The third-order valence-electron chi connectivity index (χ3n) is 2.87. The van der Waals surface area contributed by atoms with Gasteiger partial charge in [0.1, 0.15) is 5.82 Å². The fourth-order valence-corrected chi connectivity index (χ4v) is 2.78. The highest BCUT2D eigenvalue weighted by Crippen LogP contribution is 2.18. The molecule has 1 aromatic heterocycles. The van der Waals surface area contributed by atoms with Crippen molar-refractivity contribution in [2.24, 2.45) is 5.92 Å². The van der Waals surface area contributed by atoms with E-state index in [4.69, 9.17) is 0 Å². The predicted octanol–water partition coefficient (Wildman–Crippen LogP) is 1.38. The minimum atomic E-state index is -3.45. The van der Waals surface area contributed by atoms with Crippen LogP contribution < -0.4 is 0 Å². The van der Waals surface area contributed by atoms with Crippen molar-refractivity contribution in [1.29, 1.82) is 0 Å². The van der Waals surface area contributed by atoms with Crippen LogP contribution in [0.1, 0.15) is 26.6 Å². The second kappa shape index (κ2) is 4.55. The van der Waals surface area contributed by atoms with Gasteiger partial charge < -0.3 is 4.98 Å². The monoisotopic (exact) mass is 245 g/mol. The maximum Gasteiger partial charge on any atom is 0.260 e. The summed E-state index contributed by atoms with van der Waals surface area (Å²) in [6.45, 7) is 7.61. The van der Waals surface area contributed by atoms with Gasteiger partial charge in [0.05, 0.1) is 6.20 Å². The molecule has 0 saturated heterocycles. The van der Waals surface area contributed by atoms with Crippen LogP contribution in [0.5, 0.6) is 0 Å². The van der Waals surface area contributed by atoms with Gasteiger partial charge in [0.25, 0.3) is 10.0 Å². The molecule has 0 aliphatic rings. The van der Waals surface area contributed by atoms with Gasteiger partial charge >= 0.3 is 0 Å². The van der Waals surface area contributed by atoms with E-state index in [-0.39, 0.29) is 17.0 Å². The first-order valence-corrected chi connectivity index (χ1v) is 6.70. The number of hydrogen-bond donors (Lipinski definition) is 1. The van der Waals surface area contributed by atoms with Crippen molar-refractivity contribution in [1.82, 2.24) is 14.3 Å². The highest BCUT2D eigenvalue weighted by molar-refractivity contribution is 7.89. The number of imidazole rings is 1. The van der Waals surface area contributed by atoms with Crippen LogP contribution in [0.2, 0.25) is 0 Å². The molecule has 0 fully saturated rings. The molecule has 5 nitrogen and oxygen atoms in total. The number of hydrogen-bond acceptors (Lipinski definition) is 3. The van der Waals surface area contributed by atoms with Crippen LogP contribution in [0.25, 0.3) is 0 Å². The molecule has 0 spiro atoms. The summed E-state index contributed by atoms with van der Waals surface area (Å²) in [7, 11) is -1.85. The molecule has 1 heterocycles. The highest BCUT2D eigenvalue weighted by atomic mass is 32.2. The van der Waals surface area contributed by atoms with Crippen LogP contribution in [-0.2, 0) is 10.0 Å². The van der Waals surface area contributed by atoms with Crippen molar-refractivity contribution in [3.8, 4) is 0 Å². The Balaban J connectivity index is 3.03. The molecule has 1 N–H and O–H groups in total. The number of aromatic nitrogens is 2. The second-order valence-corrected chi connectivity index (χ2v) is 6.30. The Morgan fingerprint density at radius 2 is 1.94 bits per heavy atom. The molecule has 1 rings (SSSR count). The highest BCUT2D eigenvalue weighted by Gasteiger charge is 2.28. The first kappa shape index (κ1) is 13.2. The molecule has 92 valence electrons. The lowest BCUT2D eigenvalue weighted by Gasteiger charge is -2.26. The van der Waals surface area contributed by atoms with Gasteiger partial charge in [0.2, 0.25) is 0 Å². The van der Waals surface area contributed by atoms with Crippen LogP contribution in [0.4, 0.5) is 0 Å². The number of aryl methyl sites for hydroxylation is 1. The molecule has 0 amide bonds. The molecule has 16 heavy (non-hydrogen) atoms. The summed E-state index contributed by atoms with van der Waals surface area (Å²) in [6.07, 6.45) is 1.36. The van der Waals surface area contributed by atoms with Crippen LogP contribution in [0.15, 0.2) is 11.2 Å². The Kier molecular flexibility index (Phi) is 3.75. The number of nitrogens with one attached hydrogen (secondary N) is 1. The Morgan fingerprint density at radius 3 is 2.31 bits per heavy atom. The van der Waals surface area contributed by atoms with Gasteiger partial charge in [-0.15, -0.1) is 0 Å². The summed E-state index contributed by atoms with van der Waals surface area (Å²) < 4.78 is 25.7. The van der Waals surface area contributed by atoms with Gasteiger partial charge in [0, 0.05) is 13.1 Å². The van der Waals surface area contributed by atoms with Crippen molar-refractivity contribution < 1.29 is 8.42 Å². The topological polar surface area (TPSA) is 66.1 Å². The fraction of sp³-hybridized carbons (Fsp3) is 0.700. The minimum Gasteiger partial charge on any atom is -0.332 e. The largest absolute Gasteiger partial charge is 0.332 e. The number of rotatable bonds is 4. The van der Waals surface area contributed by atoms with Crippen LogP contribution in [0.3, 0.4) is 0 Å². The summed E-state index contributed by atoms with van der Waals surface area (Å²) >= 11 is 0. The van der Waals surface area contributed by atoms with Gasteiger partial charge in [-0.25, -0.2) is 13.4 Å². The van der Waals surface area contributed by atoms with E-state index in [0.717, 1.165) is 0 Å². The molecule has 1 atom stereocenters. The SMILES string of the molecule is Cc1ncc(S(=O)(=O)N(C)C(C)C(C)C)[nH]1. The van der Waals surface area contributed by atoms with Crippen LogP contribution in [0, 0.1) is 12.8 Å². The third kappa shape index (κ3) is 2.44. The van der Waals surface area contributed by atoms with Crippen molar-refractivity contribution in [2.45, 2.75) is 38.8 Å². The van der Waals surface area contributed by atoms with Gasteiger partial charge in [0.15, 0.2) is 5.03 Å². The van der Waals surface area contributed by atoms with Gasteiger partial charge in [-0.3, -0.25) is 0 Å². The summed E-state index contributed by atoms with van der Waals surface area (Å²) in [5.74, 6) is 0.868. The molecule has 0 aromatic carbocycles. The summed E-state index contributed by atoms with van der Waals surface area (Å²) in [4.78, 5) is 6.66. The summed E-state index contributed by atoms with van der Waals surface area (Å²) in [5.41, 5.74) is 0. The van der Waals surface area contributed by atoms with Crippen LogP contribution >= 0.6 is 0 Å². The molecule has 0 aliphatic carbocycles. The fourth-order valence-electron chi connectivity index (χ4n) is 1.32. The quantitative estimate of drug-likeness (QED) is 0.871. The Labute approximate surface area is 96.9 Å². The molecule has 0 saturated carbocycles. The zero-order valence-corrected chi connectivity index (χ0v) is 11.2. The molecule has 6 heteroatoms. The van der Waals surface area contributed by atoms with E-state index in [0.29, 0.717) is 5.82 Å². The molecule has 0 bridgehead atoms. The normalized spacial score (nSPS) is 14.7. The average molecular weight is 245 g/mol. The first-order valence-electron chi connectivity index (χ1n) is 5.26. The third-order valence-corrected chi connectivity index (χ3v) is 4.73. The lowest BCUT2D eigenvalue weighted by Crippen LogP contribution is -2.38. The number of sulfonamides is 1. The summed E-state index contributed by atoms with van der Waals surface area (Å²) in [5, 5.41) is 0.153. The minimum absolute atomic E-state index is 0.0476. The lowest BCUT2D eigenvalue weighted by molar-refractivity contribution is 0.315. The van der Waals surface area contributed by atoms with Crippen molar-refractivity contribution in [2.75, 3.05) is 7.05 Å². The maximum atomic E-state index is 12.1. The smallest absolute Gasteiger partial charge is 0.260 e.